The number of nitrogen functional groups attached to an aromatic ring is 2. The van der Waals surface area contributed by atoms with Crippen LogP contribution in [0.1, 0.15) is 0 Å². The largest absolute Gasteiger partial charge is 0.399 e. The Labute approximate surface area is 188 Å². The Morgan fingerprint density at radius 3 is 0.844 bits per heavy atom. The maximum Gasteiger partial charge on any atom is 0.0314 e. The molecule has 5 aromatic carbocycles. The molecular weight excluding hydrogens is 388 g/mol. The lowest BCUT2D eigenvalue weighted by Crippen LogP contribution is -1.85. The van der Waals surface area contributed by atoms with Gasteiger partial charge in [-0.05, 0) is 74.8 Å². The molecule has 5 rings (SSSR count). The first-order valence-corrected chi connectivity index (χ1v) is 10.7. The topological polar surface area (TPSA) is 52.0 Å². The van der Waals surface area contributed by atoms with Gasteiger partial charge in [0.25, 0.3) is 0 Å². The zero-order valence-corrected chi connectivity index (χ0v) is 17.7. The SMILES string of the molecule is Nc1ccc(-c2ccc(-c3cccc(-c4ccc(-c5ccc(N)cc5)cc4)c3)cc2)cc1. The van der Waals surface area contributed by atoms with Crippen molar-refractivity contribution in [1.82, 2.24) is 0 Å². The Morgan fingerprint density at radius 2 is 0.531 bits per heavy atom. The van der Waals surface area contributed by atoms with Crippen LogP contribution in [-0.2, 0) is 0 Å². The molecule has 0 aliphatic heterocycles. The van der Waals surface area contributed by atoms with Gasteiger partial charge in [0.05, 0.1) is 0 Å². The van der Waals surface area contributed by atoms with E-state index in [1.807, 2.05) is 24.3 Å². The van der Waals surface area contributed by atoms with Gasteiger partial charge in [-0.1, -0.05) is 91.0 Å². The first kappa shape index (κ1) is 19.7. The third-order valence-corrected chi connectivity index (χ3v) is 5.79. The molecule has 0 heterocycles. The predicted octanol–water partition coefficient (Wildman–Crippen LogP) is 7.52. The summed E-state index contributed by atoms with van der Waals surface area (Å²) in [6.45, 7) is 0. The summed E-state index contributed by atoms with van der Waals surface area (Å²) in [5.41, 5.74) is 22.7. The first-order chi connectivity index (χ1) is 15.7. The lowest BCUT2D eigenvalue weighted by molar-refractivity contribution is 1.56. The van der Waals surface area contributed by atoms with Crippen molar-refractivity contribution in [2.45, 2.75) is 0 Å². The smallest absolute Gasteiger partial charge is 0.0314 e. The van der Waals surface area contributed by atoms with Gasteiger partial charge >= 0.3 is 0 Å². The summed E-state index contributed by atoms with van der Waals surface area (Å²) >= 11 is 0. The highest BCUT2D eigenvalue weighted by Crippen LogP contribution is 2.30. The molecule has 0 radical (unpaired) electrons. The zero-order valence-electron chi connectivity index (χ0n) is 17.7. The van der Waals surface area contributed by atoms with E-state index in [-0.39, 0.29) is 0 Å². The van der Waals surface area contributed by atoms with Gasteiger partial charge in [0.15, 0.2) is 0 Å². The minimum Gasteiger partial charge on any atom is -0.399 e. The summed E-state index contributed by atoms with van der Waals surface area (Å²) in [5.74, 6) is 0. The summed E-state index contributed by atoms with van der Waals surface area (Å²) in [6, 6.07) is 42.0. The molecule has 0 saturated heterocycles. The van der Waals surface area contributed by atoms with Crippen molar-refractivity contribution in [3.63, 3.8) is 0 Å². The number of nitrogens with two attached hydrogens (primary N) is 2. The Morgan fingerprint density at radius 1 is 0.281 bits per heavy atom. The maximum absolute atomic E-state index is 5.81. The van der Waals surface area contributed by atoms with E-state index in [4.69, 9.17) is 11.5 Å². The van der Waals surface area contributed by atoms with Crippen molar-refractivity contribution in [2.75, 3.05) is 11.5 Å². The molecule has 0 unspecified atom stereocenters. The monoisotopic (exact) mass is 412 g/mol. The molecule has 0 bridgehead atoms. The van der Waals surface area contributed by atoms with Crippen LogP contribution in [0, 0.1) is 0 Å². The van der Waals surface area contributed by atoms with E-state index < -0.39 is 0 Å². The minimum absolute atomic E-state index is 0.781. The van der Waals surface area contributed by atoms with Gasteiger partial charge in [-0.25, -0.2) is 0 Å². The normalized spacial score (nSPS) is 10.8. The number of hydrogen-bond donors (Lipinski definition) is 2. The fourth-order valence-corrected chi connectivity index (χ4v) is 3.94. The molecule has 154 valence electrons. The average molecular weight is 413 g/mol. The standard InChI is InChI=1S/C30H24N2/c31-29-16-12-23(13-17-29)21-4-8-25(9-5-21)27-2-1-3-28(20-27)26-10-6-22(7-11-26)24-14-18-30(32)19-15-24/h1-20H,31-32H2. The highest BCUT2D eigenvalue weighted by atomic mass is 14.5. The van der Waals surface area contributed by atoms with Gasteiger partial charge in [0.2, 0.25) is 0 Å². The number of rotatable bonds is 4. The van der Waals surface area contributed by atoms with Crippen molar-refractivity contribution >= 4 is 11.4 Å². The van der Waals surface area contributed by atoms with Crippen molar-refractivity contribution in [3.8, 4) is 44.5 Å². The molecule has 2 nitrogen and oxygen atoms in total. The van der Waals surface area contributed by atoms with E-state index in [1.54, 1.807) is 0 Å². The van der Waals surface area contributed by atoms with Crippen LogP contribution in [-0.4, -0.2) is 0 Å². The van der Waals surface area contributed by atoms with Crippen LogP contribution >= 0.6 is 0 Å². The van der Waals surface area contributed by atoms with Crippen LogP contribution in [0.2, 0.25) is 0 Å². The summed E-state index contributed by atoms with van der Waals surface area (Å²) in [6.07, 6.45) is 0. The summed E-state index contributed by atoms with van der Waals surface area (Å²) in [5, 5.41) is 0. The summed E-state index contributed by atoms with van der Waals surface area (Å²) < 4.78 is 0. The molecule has 0 aromatic heterocycles. The van der Waals surface area contributed by atoms with E-state index in [1.165, 1.54) is 44.5 Å². The fourth-order valence-electron chi connectivity index (χ4n) is 3.94. The Balaban J connectivity index is 1.39. The van der Waals surface area contributed by atoms with E-state index in [2.05, 4.69) is 97.1 Å². The Kier molecular flexibility index (Phi) is 5.19. The molecule has 0 aliphatic rings. The van der Waals surface area contributed by atoms with Crippen molar-refractivity contribution in [3.05, 3.63) is 121 Å². The third kappa shape index (κ3) is 4.12. The van der Waals surface area contributed by atoms with Crippen LogP contribution in [0.4, 0.5) is 11.4 Å². The molecule has 0 spiro atoms. The first-order valence-electron chi connectivity index (χ1n) is 10.7. The molecule has 0 amide bonds. The number of benzene rings is 5. The molecule has 2 heteroatoms. The van der Waals surface area contributed by atoms with Gasteiger partial charge in [0.1, 0.15) is 0 Å². The van der Waals surface area contributed by atoms with Crippen molar-refractivity contribution in [1.29, 1.82) is 0 Å². The second-order valence-electron chi connectivity index (χ2n) is 7.98. The van der Waals surface area contributed by atoms with Crippen LogP contribution < -0.4 is 11.5 Å². The van der Waals surface area contributed by atoms with Crippen LogP contribution in [0.25, 0.3) is 44.5 Å². The predicted molar refractivity (Wildman–Crippen MR) is 137 cm³/mol. The van der Waals surface area contributed by atoms with Gasteiger partial charge < -0.3 is 11.5 Å². The fraction of sp³-hybridized carbons (Fsp3) is 0. The molecule has 0 atom stereocenters. The van der Waals surface area contributed by atoms with E-state index in [0.29, 0.717) is 0 Å². The van der Waals surface area contributed by atoms with Crippen molar-refractivity contribution in [2.24, 2.45) is 0 Å². The molecule has 0 fully saturated rings. The molecule has 0 aliphatic carbocycles. The highest BCUT2D eigenvalue weighted by Gasteiger charge is 2.05. The van der Waals surface area contributed by atoms with E-state index >= 15 is 0 Å². The van der Waals surface area contributed by atoms with E-state index in [0.717, 1.165) is 11.4 Å². The van der Waals surface area contributed by atoms with Gasteiger partial charge in [0, 0.05) is 11.4 Å². The number of hydrogen-bond acceptors (Lipinski definition) is 2. The van der Waals surface area contributed by atoms with Crippen LogP contribution in [0.15, 0.2) is 121 Å². The summed E-state index contributed by atoms with van der Waals surface area (Å²) in [7, 11) is 0. The molecule has 5 aromatic rings. The van der Waals surface area contributed by atoms with Gasteiger partial charge in [-0.3, -0.25) is 0 Å². The highest BCUT2D eigenvalue weighted by molar-refractivity contribution is 5.77. The minimum atomic E-state index is 0.781. The third-order valence-electron chi connectivity index (χ3n) is 5.79. The Hall–Kier alpha value is -4.30. The molecular formula is C30H24N2. The van der Waals surface area contributed by atoms with Crippen LogP contribution in [0.3, 0.4) is 0 Å². The number of anilines is 2. The quantitative estimate of drug-likeness (QED) is 0.300. The molecule has 32 heavy (non-hydrogen) atoms. The second kappa shape index (κ2) is 8.44. The van der Waals surface area contributed by atoms with Gasteiger partial charge in [-0.15, -0.1) is 0 Å². The molecule has 0 saturated carbocycles. The second-order valence-corrected chi connectivity index (χ2v) is 7.98. The maximum atomic E-state index is 5.81. The summed E-state index contributed by atoms with van der Waals surface area (Å²) in [4.78, 5) is 0. The Bertz CT molecular complexity index is 1230. The zero-order chi connectivity index (χ0) is 21.9. The van der Waals surface area contributed by atoms with Gasteiger partial charge in [-0.2, -0.15) is 0 Å². The van der Waals surface area contributed by atoms with Crippen LogP contribution in [0.5, 0.6) is 0 Å². The lowest BCUT2D eigenvalue weighted by atomic mass is 9.96. The average Bonchev–Trinajstić information content (AvgIpc) is 2.85. The van der Waals surface area contributed by atoms with E-state index in [9.17, 15) is 0 Å². The molecule has 4 N–H and O–H groups in total. The van der Waals surface area contributed by atoms with Crippen molar-refractivity contribution < 1.29 is 0 Å². The lowest BCUT2D eigenvalue weighted by Gasteiger charge is -2.09.